The Hall–Kier alpha value is -3.65. The van der Waals surface area contributed by atoms with Crippen molar-refractivity contribution in [1.82, 2.24) is 10.2 Å². The zero-order valence-corrected chi connectivity index (χ0v) is 22.4. The fourth-order valence-corrected chi connectivity index (χ4v) is 5.29. The summed E-state index contributed by atoms with van der Waals surface area (Å²) in [4.78, 5) is 28.3. The number of hydrogen-bond donors (Lipinski definition) is 1. The molecule has 1 unspecified atom stereocenters. The highest BCUT2D eigenvalue weighted by Crippen LogP contribution is 2.20. The molecule has 0 aliphatic heterocycles. The molecule has 0 fully saturated rings. The van der Waals surface area contributed by atoms with Crippen molar-refractivity contribution < 1.29 is 18.0 Å². The van der Waals surface area contributed by atoms with Gasteiger partial charge in [0.25, 0.3) is 0 Å². The lowest BCUT2D eigenvalue weighted by molar-refractivity contribution is -0.141. The molecule has 3 aromatic carbocycles. The molecule has 7 nitrogen and oxygen atoms in total. The Balaban J connectivity index is 1.83. The van der Waals surface area contributed by atoms with Crippen molar-refractivity contribution in [3.63, 3.8) is 0 Å². The molecule has 1 N–H and O–H groups in total. The summed E-state index contributed by atoms with van der Waals surface area (Å²) in [7, 11) is -1.95. The topological polar surface area (TPSA) is 86.8 Å². The molecule has 0 heterocycles. The largest absolute Gasteiger partial charge is 0.357 e. The van der Waals surface area contributed by atoms with Gasteiger partial charge in [-0.2, -0.15) is 0 Å². The molecular formula is C29H35N3O4S. The number of carbonyl (C=O) groups is 2. The molecular weight excluding hydrogens is 486 g/mol. The van der Waals surface area contributed by atoms with Gasteiger partial charge >= 0.3 is 0 Å². The van der Waals surface area contributed by atoms with Gasteiger partial charge in [-0.3, -0.25) is 13.9 Å². The average Bonchev–Trinajstić information content (AvgIpc) is 2.88. The van der Waals surface area contributed by atoms with Crippen LogP contribution in [0.5, 0.6) is 0 Å². The second-order valence-corrected chi connectivity index (χ2v) is 11.0. The van der Waals surface area contributed by atoms with Crippen molar-refractivity contribution in [2.24, 2.45) is 0 Å². The maximum absolute atomic E-state index is 13.6. The molecule has 0 aromatic heterocycles. The highest BCUT2D eigenvalue weighted by atomic mass is 32.2. The summed E-state index contributed by atoms with van der Waals surface area (Å²) >= 11 is 0. The SMILES string of the molecule is CNC(=O)C(Cc1ccccc1)N(Cc1cccc(C)c1)C(=O)CCCN(c1ccccc1)S(C)(=O)=O. The summed E-state index contributed by atoms with van der Waals surface area (Å²) in [5, 5.41) is 2.71. The van der Waals surface area contributed by atoms with Gasteiger partial charge in [-0.25, -0.2) is 8.42 Å². The summed E-state index contributed by atoms with van der Waals surface area (Å²) in [5.41, 5.74) is 3.50. The minimum Gasteiger partial charge on any atom is -0.357 e. The Bertz CT molecular complexity index is 1280. The lowest BCUT2D eigenvalue weighted by Crippen LogP contribution is -2.49. The van der Waals surface area contributed by atoms with Gasteiger partial charge in [0.05, 0.1) is 11.9 Å². The van der Waals surface area contributed by atoms with Crippen LogP contribution in [0.15, 0.2) is 84.9 Å². The van der Waals surface area contributed by atoms with E-state index in [1.165, 1.54) is 4.31 Å². The number of hydrogen-bond acceptors (Lipinski definition) is 4. The predicted octanol–water partition coefficient (Wildman–Crippen LogP) is 3.93. The second kappa shape index (κ2) is 13.1. The van der Waals surface area contributed by atoms with Gasteiger partial charge in [-0.05, 0) is 36.6 Å². The number of benzene rings is 3. The highest BCUT2D eigenvalue weighted by molar-refractivity contribution is 7.92. The molecule has 0 saturated heterocycles. The normalized spacial score (nSPS) is 12.0. The molecule has 0 aliphatic carbocycles. The molecule has 37 heavy (non-hydrogen) atoms. The minimum atomic E-state index is -3.52. The molecule has 8 heteroatoms. The first-order chi connectivity index (χ1) is 17.7. The summed E-state index contributed by atoms with van der Waals surface area (Å²) in [5.74, 6) is -0.445. The van der Waals surface area contributed by atoms with E-state index in [0.29, 0.717) is 18.5 Å². The number of anilines is 1. The fraction of sp³-hybridized carbons (Fsp3) is 0.310. The Morgan fingerprint density at radius 2 is 1.51 bits per heavy atom. The first-order valence-corrected chi connectivity index (χ1v) is 14.2. The Labute approximate surface area is 220 Å². The number of rotatable bonds is 12. The molecule has 0 saturated carbocycles. The molecule has 3 rings (SSSR count). The minimum absolute atomic E-state index is 0.104. The van der Waals surface area contributed by atoms with E-state index >= 15 is 0 Å². The molecule has 3 aromatic rings. The van der Waals surface area contributed by atoms with Crippen LogP contribution in [-0.4, -0.2) is 51.0 Å². The van der Waals surface area contributed by atoms with Crippen LogP contribution in [0.3, 0.4) is 0 Å². The lowest BCUT2D eigenvalue weighted by Gasteiger charge is -2.31. The number of carbonyl (C=O) groups excluding carboxylic acids is 2. The molecule has 0 aliphatic rings. The van der Waals surface area contributed by atoms with E-state index in [4.69, 9.17) is 0 Å². The maximum Gasteiger partial charge on any atom is 0.242 e. The second-order valence-electron chi connectivity index (χ2n) is 9.10. The van der Waals surface area contributed by atoms with E-state index in [0.717, 1.165) is 22.9 Å². The summed E-state index contributed by atoms with van der Waals surface area (Å²) in [6, 6.07) is 25.6. The van der Waals surface area contributed by atoms with Gasteiger partial charge in [0.15, 0.2) is 0 Å². The Morgan fingerprint density at radius 1 is 0.892 bits per heavy atom. The van der Waals surface area contributed by atoms with Crippen LogP contribution < -0.4 is 9.62 Å². The summed E-state index contributed by atoms with van der Waals surface area (Å²) < 4.78 is 26.2. The molecule has 0 radical (unpaired) electrons. The molecule has 0 spiro atoms. The highest BCUT2D eigenvalue weighted by Gasteiger charge is 2.30. The van der Waals surface area contributed by atoms with Gasteiger partial charge in [0.2, 0.25) is 21.8 Å². The summed E-state index contributed by atoms with van der Waals surface area (Å²) in [6.45, 7) is 2.43. The van der Waals surface area contributed by atoms with Gasteiger partial charge in [-0.15, -0.1) is 0 Å². The molecule has 1 atom stereocenters. The van der Waals surface area contributed by atoms with Crippen LogP contribution in [0.1, 0.15) is 29.5 Å². The first kappa shape index (κ1) is 27.9. The standard InChI is InChI=1S/C29H35N3O4S/c1-23-12-10-15-25(20-23)22-31(27(29(34)30-2)21-24-13-6-4-7-14-24)28(33)18-11-19-32(37(3,35)36)26-16-8-5-9-17-26/h4-10,12-17,20,27H,11,18-19,21-22H2,1-3H3,(H,30,34). The number of sulfonamides is 1. The van der Waals surface area contributed by atoms with Crippen molar-refractivity contribution in [1.29, 1.82) is 0 Å². The third-order valence-corrected chi connectivity index (χ3v) is 7.34. The number of para-hydroxylation sites is 1. The van der Waals surface area contributed by atoms with Gasteiger partial charge in [0, 0.05) is 33.0 Å². The maximum atomic E-state index is 13.6. The zero-order valence-electron chi connectivity index (χ0n) is 21.6. The van der Waals surface area contributed by atoms with Crippen LogP contribution in [-0.2, 0) is 32.6 Å². The molecule has 0 bridgehead atoms. The van der Waals surface area contributed by atoms with Crippen LogP contribution in [0.4, 0.5) is 5.69 Å². The van der Waals surface area contributed by atoms with Crippen LogP contribution in [0, 0.1) is 6.92 Å². The number of nitrogens with one attached hydrogen (secondary N) is 1. The van der Waals surface area contributed by atoms with Gasteiger partial charge in [-0.1, -0.05) is 78.4 Å². The van der Waals surface area contributed by atoms with Crippen molar-refractivity contribution in [3.8, 4) is 0 Å². The van der Waals surface area contributed by atoms with Crippen molar-refractivity contribution >= 4 is 27.5 Å². The quantitative estimate of drug-likeness (QED) is 0.391. The molecule has 196 valence electrons. The van der Waals surface area contributed by atoms with E-state index in [2.05, 4.69) is 5.32 Å². The van der Waals surface area contributed by atoms with E-state index < -0.39 is 16.1 Å². The first-order valence-electron chi connectivity index (χ1n) is 12.3. The third-order valence-electron chi connectivity index (χ3n) is 6.15. The fourth-order valence-electron chi connectivity index (χ4n) is 4.33. The third kappa shape index (κ3) is 8.18. The molecule has 2 amide bonds. The van der Waals surface area contributed by atoms with Crippen molar-refractivity contribution in [2.45, 2.75) is 38.8 Å². The van der Waals surface area contributed by atoms with Gasteiger partial charge < -0.3 is 10.2 Å². The van der Waals surface area contributed by atoms with E-state index in [1.807, 2.05) is 67.6 Å². The monoisotopic (exact) mass is 521 g/mol. The van der Waals surface area contributed by atoms with E-state index in [-0.39, 0.29) is 31.3 Å². The van der Waals surface area contributed by atoms with Crippen LogP contribution >= 0.6 is 0 Å². The Morgan fingerprint density at radius 3 is 2.11 bits per heavy atom. The average molecular weight is 522 g/mol. The number of likely N-dealkylation sites (N-methyl/N-ethyl adjacent to an activating group) is 1. The van der Waals surface area contributed by atoms with Crippen molar-refractivity contribution in [3.05, 3.63) is 102 Å². The van der Waals surface area contributed by atoms with E-state index in [9.17, 15) is 18.0 Å². The smallest absolute Gasteiger partial charge is 0.242 e. The predicted molar refractivity (Wildman–Crippen MR) is 148 cm³/mol. The number of nitrogens with zero attached hydrogens (tertiary/aromatic N) is 2. The lowest BCUT2D eigenvalue weighted by atomic mass is 10.0. The van der Waals surface area contributed by atoms with Gasteiger partial charge in [0.1, 0.15) is 6.04 Å². The van der Waals surface area contributed by atoms with Crippen molar-refractivity contribution in [2.75, 3.05) is 24.2 Å². The van der Waals surface area contributed by atoms with Crippen LogP contribution in [0.25, 0.3) is 0 Å². The number of aryl methyl sites for hydroxylation is 1. The van der Waals surface area contributed by atoms with Crippen LogP contribution in [0.2, 0.25) is 0 Å². The van der Waals surface area contributed by atoms with E-state index in [1.54, 1.807) is 36.2 Å². The Kier molecular flexibility index (Phi) is 9.85. The number of amides is 2. The summed E-state index contributed by atoms with van der Waals surface area (Å²) in [6.07, 6.45) is 1.95. The zero-order chi connectivity index (χ0) is 26.8.